The summed E-state index contributed by atoms with van der Waals surface area (Å²) in [5.74, 6) is 0.702. The standard InChI is InChI=1S/C20H21ClN6O.ClH/c1-2-18-24-19(25-27(18)16-8-4-3-7-15(16)21)20(28)26-11-10-23-13-17(26)14-6-5-9-22-12-14;/h3-9,12,17,23H,2,10-11,13H2,1H3;1H. The maximum absolute atomic E-state index is 13.3. The lowest BCUT2D eigenvalue weighted by Crippen LogP contribution is -2.49. The average Bonchev–Trinajstić information content (AvgIpc) is 3.18. The Morgan fingerprint density at radius 3 is 2.83 bits per heavy atom. The Morgan fingerprint density at radius 1 is 1.28 bits per heavy atom. The molecule has 1 fully saturated rings. The highest BCUT2D eigenvalue weighted by molar-refractivity contribution is 6.32. The molecular weight excluding hydrogens is 411 g/mol. The van der Waals surface area contributed by atoms with Gasteiger partial charge in [0.15, 0.2) is 0 Å². The van der Waals surface area contributed by atoms with Gasteiger partial charge in [0.05, 0.1) is 16.8 Å². The number of rotatable bonds is 4. The Bertz CT molecular complexity index is 978. The van der Waals surface area contributed by atoms with Crippen molar-refractivity contribution in [1.82, 2.24) is 30.0 Å². The van der Waals surface area contributed by atoms with E-state index in [2.05, 4.69) is 20.4 Å². The topological polar surface area (TPSA) is 75.9 Å². The first-order chi connectivity index (χ1) is 13.7. The highest BCUT2D eigenvalue weighted by Crippen LogP contribution is 2.24. The zero-order valence-electron chi connectivity index (χ0n) is 16.0. The van der Waals surface area contributed by atoms with Crippen molar-refractivity contribution in [1.29, 1.82) is 0 Å². The third-order valence-corrected chi connectivity index (χ3v) is 5.16. The molecule has 1 aliphatic rings. The number of amides is 1. The fraction of sp³-hybridized carbons (Fsp3) is 0.300. The van der Waals surface area contributed by atoms with E-state index in [-0.39, 0.29) is 30.2 Å². The predicted molar refractivity (Wildman–Crippen MR) is 114 cm³/mol. The summed E-state index contributed by atoms with van der Waals surface area (Å²) in [6.45, 7) is 3.97. The van der Waals surface area contributed by atoms with Gasteiger partial charge >= 0.3 is 0 Å². The lowest BCUT2D eigenvalue weighted by Gasteiger charge is -2.35. The molecule has 0 aliphatic carbocycles. The minimum Gasteiger partial charge on any atom is -0.326 e. The molecule has 152 valence electrons. The van der Waals surface area contributed by atoms with Gasteiger partial charge in [-0.25, -0.2) is 9.67 Å². The second kappa shape index (κ2) is 9.35. The first-order valence-electron chi connectivity index (χ1n) is 9.31. The number of carbonyl (C=O) groups is 1. The molecule has 3 aromatic rings. The van der Waals surface area contributed by atoms with Crippen molar-refractivity contribution in [2.45, 2.75) is 19.4 Å². The van der Waals surface area contributed by atoms with Crippen molar-refractivity contribution in [3.8, 4) is 5.69 Å². The number of para-hydroxylation sites is 1. The molecule has 2 aromatic heterocycles. The second-order valence-corrected chi connectivity index (χ2v) is 6.98. The third kappa shape index (κ3) is 4.27. The Morgan fingerprint density at radius 2 is 2.10 bits per heavy atom. The van der Waals surface area contributed by atoms with Crippen LogP contribution in [0.15, 0.2) is 48.8 Å². The summed E-state index contributed by atoms with van der Waals surface area (Å²) < 4.78 is 1.66. The molecule has 1 amide bonds. The summed E-state index contributed by atoms with van der Waals surface area (Å²) in [6.07, 6.45) is 4.16. The number of pyridine rings is 1. The van der Waals surface area contributed by atoms with Crippen LogP contribution in [0.2, 0.25) is 5.02 Å². The van der Waals surface area contributed by atoms with Crippen LogP contribution < -0.4 is 5.32 Å². The zero-order chi connectivity index (χ0) is 19.5. The minimum absolute atomic E-state index is 0. The number of aryl methyl sites for hydroxylation is 1. The molecule has 3 heterocycles. The van der Waals surface area contributed by atoms with E-state index in [0.717, 1.165) is 17.8 Å². The Hall–Kier alpha value is -2.48. The van der Waals surface area contributed by atoms with Gasteiger partial charge < -0.3 is 10.2 Å². The van der Waals surface area contributed by atoms with Gasteiger partial charge in [-0.2, -0.15) is 0 Å². The Kier molecular flexibility index (Phi) is 6.84. The number of hydrogen-bond acceptors (Lipinski definition) is 5. The molecule has 29 heavy (non-hydrogen) atoms. The number of piperazine rings is 1. The molecule has 1 N–H and O–H groups in total. The number of benzene rings is 1. The van der Waals surface area contributed by atoms with Gasteiger partial charge in [0.2, 0.25) is 5.82 Å². The molecule has 0 radical (unpaired) electrons. The van der Waals surface area contributed by atoms with Crippen LogP contribution in [0.3, 0.4) is 0 Å². The third-order valence-electron chi connectivity index (χ3n) is 4.84. The second-order valence-electron chi connectivity index (χ2n) is 6.57. The Balaban J connectivity index is 0.00000240. The first-order valence-corrected chi connectivity index (χ1v) is 9.69. The van der Waals surface area contributed by atoms with Gasteiger partial charge in [-0.3, -0.25) is 9.78 Å². The van der Waals surface area contributed by atoms with Crippen molar-refractivity contribution in [3.05, 3.63) is 71.0 Å². The molecule has 1 aromatic carbocycles. The SMILES string of the molecule is CCc1nc(C(=O)N2CCNCC2c2cccnc2)nn1-c1ccccc1Cl.Cl. The highest BCUT2D eigenvalue weighted by Gasteiger charge is 2.31. The van der Waals surface area contributed by atoms with E-state index in [1.807, 2.05) is 42.2 Å². The van der Waals surface area contributed by atoms with E-state index in [1.54, 1.807) is 23.1 Å². The number of aromatic nitrogens is 4. The van der Waals surface area contributed by atoms with Crippen molar-refractivity contribution in [2.24, 2.45) is 0 Å². The maximum Gasteiger partial charge on any atom is 0.294 e. The van der Waals surface area contributed by atoms with Crippen LogP contribution >= 0.6 is 24.0 Å². The summed E-state index contributed by atoms with van der Waals surface area (Å²) in [7, 11) is 0. The van der Waals surface area contributed by atoms with Crippen LogP contribution in [0.1, 0.15) is 35.0 Å². The van der Waals surface area contributed by atoms with Crippen molar-refractivity contribution >= 4 is 29.9 Å². The predicted octanol–water partition coefficient (Wildman–Crippen LogP) is 3.09. The number of nitrogens with zero attached hydrogens (tertiary/aromatic N) is 5. The molecule has 1 saturated heterocycles. The van der Waals surface area contributed by atoms with E-state index in [4.69, 9.17) is 11.6 Å². The van der Waals surface area contributed by atoms with Crippen molar-refractivity contribution in [3.63, 3.8) is 0 Å². The summed E-state index contributed by atoms with van der Waals surface area (Å²) >= 11 is 6.33. The van der Waals surface area contributed by atoms with Crippen LogP contribution in [0.25, 0.3) is 5.69 Å². The van der Waals surface area contributed by atoms with Crippen LogP contribution in [0, 0.1) is 0 Å². The largest absolute Gasteiger partial charge is 0.326 e. The van der Waals surface area contributed by atoms with Gasteiger partial charge in [-0.15, -0.1) is 17.5 Å². The zero-order valence-corrected chi connectivity index (χ0v) is 17.5. The number of hydrogen-bond donors (Lipinski definition) is 1. The molecule has 1 aliphatic heterocycles. The van der Waals surface area contributed by atoms with Gasteiger partial charge in [0.25, 0.3) is 5.91 Å². The minimum atomic E-state index is -0.184. The van der Waals surface area contributed by atoms with E-state index < -0.39 is 0 Å². The number of halogens is 2. The normalized spacial score (nSPS) is 16.3. The molecule has 1 unspecified atom stereocenters. The first kappa shape index (κ1) is 21.2. The van der Waals surface area contributed by atoms with Crippen LogP contribution in [0.5, 0.6) is 0 Å². The lowest BCUT2D eigenvalue weighted by atomic mass is 10.1. The van der Waals surface area contributed by atoms with E-state index in [0.29, 0.717) is 30.4 Å². The average molecular weight is 433 g/mol. The molecule has 9 heteroatoms. The van der Waals surface area contributed by atoms with E-state index in [1.165, 1.54) is 0 Å². The molecule has 0 bridgehead atoms. The fourth-order valence-electron chi connectivity index (χ4n) is 3.43. The number of carbonyl (C=O) groups excluding carboxylic acids is 1. The fourth-order valence-corrected chi connectivity index (χ4v) is 3.64. The van der Waals surface area contributed by atoms with E-state index in [9.17, 15) is 4.79 Å². The van der Waals surface area contributed by atoms with Crippen molar-refractivity contribution < 1.29 is 4.79 Å². The monoisotopic (exact) mass is 432 g/mol. The van der Waals surface area contributed by atoms with Crippen LogP contribution in [-0.4, -0.2) is 50.2 Å². The van der Waals surface area contributed by atoms with Crippen molar-refractivity contribution in [2.75, 3.05) is 19.6 Å². The summed E-state index contributed by atoms with van der Waals surface area (Å²) in [4.78, 5) is 23.8. The van der Waals surface area contributed by atoms with Gasteiger partial charge in [0.1, 0.15) is 5.82 Å². The van der Waals surface area contributed by atoms with E-state index >= 15 is 0 Å². The molecular formula is C20H22Cl2N6O. The summed E-state index contributed by atoms with van der Waals surface area (Å²) in [5, 5.41) is 8.42. The smallest absolute Gasteiger partial charge is 0.294 e. The molecule has 0 saturated carbocycles. The van der Waals surface area contributed by atoms with Gasteiger partial charge in [-0.1, -0.05) is 36.7 Å². The lowest BCUT2D eigenvalue weighted by molar-refractivity contribution is 0.0621. The number of nitrogens with one attached hydrogen (secondary N) is 1. The summed E-state index contributed by atoms with van der Waals surface area (Å²) in [6, 6.07) is 11.2. The van der Waals surface area contributed by atoms with Crippen LogP contribution in [0.4, 0.5) is 0 Å². The van der Waals surface area contributed by atoms with Gasteiger partial charge in [-0.05, 0) is 23.8 Å². The quantitative estimate of drug-likeness (QED) is 0.685. The highest BCUT2D eigenvalue weighted by atomic mass is 35.5. The van der Waals surface area contributed by atoms with Crippen LogP contribution in [-0.2, 0) is 6.42 Å². The molecule has 4 rings (SSSR count). The maximum atomic E-state index is 13.3. The Labute approximate surface area is 180 Å². The molecule has 0 spiro atoms. The molecule has 7 nitrogen and oxygen atoms in total. The van der Waals surface area contributed by atoms with Gasteiger partial charge in [0, 0.05) is 38.4 Å². The summed E-state index contributed by atoms with van der Waals surface area (Å²) in [5.41, 5.74) is 1.71. The molecule has 1 atom stereocenters.